The van der Waals surface area contributed by atoms with E-state index in [1.54, 1.807) is 11.8 Å². The molecule has 0 amide bonds. The molecule has 0 radical (unpaired) electrons. The van der Waals surface area contributed by atoms with Crippen molar-refractivity contribution in [1.82, 2.24) is 4.90 Å². The van der Waals surface area contributed by atoms with Gasteiger partial charge in [0, 0.05) is 57.0 Å². The zero-order valence-corrected chi connectivity index (χ0v) is 13.6. The predicted octanol–water partition coefficient (Wildman–Crippen LogP) is 2.08. The van der Waals surface area contributed by atoms with Gasteiger partial charge in [0.25, 0.3) is 0 Å². The molecule has 1 saturated heterocycles. The fourth-order valence-electron chi connectivity index (χ4n) is 3.56. The minimum atomic E-state index is -0.233. The van der Waals surface area contributed by atoms with Crippen LogP contribution in [0.15, 0.2) is 11.0 Å². The fraction of sp³-hybridized carbons (Fsp3) is 0.562. The minimum Gasteiger partial charge on any atom is -0.369 e. The molecule has 1 aromatic rings. The van der Waals surface area contributed by atoms with Crippen LogP contribution >= 0.6 is 11.8 Å². The number of hydrogen-bond acceptors (Lipinski definition) is 5. The molecule has 3 aliphatic rings. The molecule has 0 spiro atoms. The Kier molecular flexibility index (Phi) is 3.53. The van der Waals surface area contributed by atoms with E-state index in [-0.39, 0.29) is 11.6 Å². The average molecular weight is 321 g/mol. The molecule has 0 N–H and O–H groups in total. The van der Waals surface area contributed by atoms with Crippen LogP contribution in [-0.2, 0) is 0 Å². The van der Waals surface area contributed by atoms with Crippen molar-refractivity contribution in [1.29, 1.82) is 0 Å². The van der Waals surface area contributed by atoms with Crippen LogP contribution in [0, 0.1) is 5.82 Å². The summed E-state index contributed by atoms with van der Waals surface area (Å²) in [4.78, 5) is 19.9. The summed E-state index contributed by atoms with van der Waals surface area (Å²) in [5, 5.41) is 0. The maximum absolute atomic E-state index is 14.8. The highest BCUT2D eigenvalue weighted by Gasteiger charge is 2.34. The molecule has 0 aromatic heterocycles. The van der Waals surface area contributed by atoms with E-state index in [4.69, 9.17) is 0 Å². The Morgan fingerprint density at radius 2 is 1.77 bits per heavy atom. The van der Waals surface area contributed by atoms with Crippen molar-refractivity contribution in [2.75, 3.05) is 61.9 Å². The number of carbonyl (C=O) groups excluding carboxylic acids is 1. The van der Waals surface area contributed by atoms with Crippen LogP contribution in [0.1, 0.15) is 16.8 Å². The fourth-order valence-corrected chi connectivity index (χ4v) is 4.81. The van der Waals surface area contributed by atoms with E-state index in [0.29, 0.717) is 12.0 Å². The lowest BCUT2D eigenvalue weighted by atomic mass is 9.98. The van der Waals surface area contributed by atoms with E-state index in [0.717, 1.165) is 61.3 Å². The Morgan fingerprint density at radius 1 is 1.05 bits per heavy atom. The van der Waals surface area contributed by atoms with Gasteiger partial charge in [-0.3, -0.25) is 4.79 Å². The molecule has 1 aromatic carbocycles. The van der Waals surface area contributed by atoms with Crippen LogP contribution in [-0.4, -0.2) is 62.8 Å². The van der Waals surface area contributed by atoms with Gasteiger partial charge in [-0.15, -0.1) is 11.8 Å². The van der Waals surface area contributed by atoms with E-state index < -0.39 is 0 Å². The minimum absolute atomic E-state index is 0.0822. The van der Waals surface area contributed by atoms with Gasteiger partial charge in [-0.05, 0) is 13.1 Å². The third kappa shape index (κ3) is 2.20. The Labute approximate surface area is 134 Å². The molecule has 4 rings (SSSR count). The van der Waals surface area contributed by atoms with Gasteiger partial charge >= 0.3 is 0 Å². The maximum Gasteiger partial charge on any atom is 0.166 e. The van der Waals surface area contributed by atoms with Gasteiger partial charge in [0.1, 0.15) is 5.82 Å². The molecule has 0 unspecified atom stereocenters. The number of anilines is 2. The molecule has 3 aliphatic heterocycles. The quantitative estimate of drug-likeness (QED) is 0.789. The number of halogens is 1. The molecule has 3 heterocycles. The molecule has 0 atom stereocenters. The smallest absolute Gasteiger partial charge is 0.166 e. The largest absolute Gasteiger partial charge is 0.369 e. The Hall–Kier alpha value is -1.27. The lowest BCUT2D eigenvalue weighted by molar-refractivity contribution is 0.0979. The summed E-state index contributed by atoms with van der Waals surface area (Å²) in [5.74, 6) is 0.812. The lowest BCUT2D eigenvalue weighted by Gasteiger charge is -2.40. The first kappa shape index (κ1) is 14.3. The molecular formula is C16H20FN3OS. The highest BCUT2D eigenvalue weighted by Crippen LogP contribution is 2.47. The van der Waals surface area contributed by atoms with Crippen molar-refractivity contribution >= 4 is 28.9 Å². The Morgan fingerprint density at radius 3 is 2.55 bits per heavy atom. The molecule has 6 heteroatoms. The molecule has 4 nitrogen and oxygen atoms in total. The average Bonchev–Trinajstić information content (AvgIpc) is 2.52. The van der Waals surface area contributed by atoms with Gasteiger partial charge in [-0.2, -0.15) is 0 Å². The molecule has 0 bridgehead atoms. The standard InChI is InChI=1S/C16H20FN3OS/c1-18-4-6-20(7-5-18)15-12(17)10-11-13(21)2-3-19-8-9-22-16(15)14(11)19/h10H,2-9H2,1H3. The number of piperazine rings is 1. The first-order chi connectivity index (χ1) is 10.6. The van der Waals surface area contributed by atoms with Crippen molar-refractivity contribution in [3.05, 3.63) is 17.4 Å². The number of rotatable bonds is 1. The van der Waals surface area contributed by atoms with E-state index in [1.807, 2.05) is 0 Å². The maximum atomic E-state index is 14.8. The summed E-state index contributed by atoms with van der Waals surface area (Å²) in [7, 11) is 2.10. The first-order valence-electron chi connectivity index (χ1n) is 7.86. The Bertz CT molecular complexity index is 628. The molecule has 0 saturated carbocycles. The van der Waals surface area contributed by atoms with Gasteiger partial charge in [-0.1, -0.05) is 0 Å². The van der Waals surface area contributed by atoms with E-state index >= 15 is 0 Å². The number of nitrogens with zero attached hydrogens (tertiary/aromatic N) is 3. The van der Waals surface area contributed by atoms with Crippen molar-refractivity contribution < 1.29 is 9.18 Å². The number of thioether (sulfide) groups is 1. The van der Waals surface area contributed by atoms with Crippen LogP contribution in [0.2, 0.25) is 0 Å². The summed E-state index contributed by atoms with van der Waals surface area (Å²) in [6.07, 6.45) is 0.504. The number of likely N-dealkylation sites (N-methyl/N-ethyl adjacent to an activating group) is 1. The molecule has 0 aliphatic carbocycles. The third-order valence-corrected chi connectivity index (χ3v) is 5.90. The van der Waals surface area contributed by atoms with Gasteiger partial charge in [0.05, 0.1) is 16.3 Å². The molecule has 22 heavy (non-hydrogen) atoms. The second-order valence-electron chi connectivity index (χ2n) is 6.23. The van der Waals surface area contributed by atoms with Crippen LogP contribution in [0.5, 0.6) is 0 Å². The monoisotopic (exact) mass is 321 g/mol. The highest BCUT2D eigenvalue weighted by atomic mass is 32.2. The summed E-state index contributed by atoms with van der Waals surface area (Å²) in [5.41, 5.74) is 2.29. The van der Waals surface area contributed by atoms with Crippen molar-refractivity contribution in [2.24, 2.45) is 0 Å². The molecular weight excluding hydrogens is 301 g/mol. The normalized spacial score (nSPS) is 22.0. The van der Waals surface area contributed by atoms with Crippen LogP contribution in [0.3, 0.4) is 0 Å². The highest BCUT2D eigenvalue weighted by molar-refractivity contribution is 7.99. The Balaban J connectivity index is 1.83. The van der Waals surface area contributed by atoms with Gasteiger partial charge in [0.2, 0.25) is 0 Å². The van der Waals surface area contributed by atoms with E-state index in [1.165, 1.54) is 6.07 Å². The summed E-state index contributed by atoms with van der Waals surface area (Å²) >= 11 is 1.70. The molecule has 1 fully saturated rings. The summed E-state index contributed by atoms with van der Waals surface area (Å²) in [6.45, 7) is 5.30. The van der Waals surface area contributed by atoms with Gasteiger partial charge < -0.3 is 14.7 Å². The summed E-state index contributed by atoms with van der Waals surface area (Å²) < 4.78 is 14.8. The number of benzene rings is 1. The van der Waals surface area contributed by atoms with Crippen LogP contribution in [0.4, 0.5) is 15.8 Å². The van der Waals surface area contributed by atoms with Crippen LogP contribution in [0.25, 0.3) is 0 Å². The number of carbonyl (C=O) groups is 1. The van der Waals surface area contributed by atoms with Crippen molar-refractivity contribution in [2.45, 2.75) is 11.3 Å². The van der Waals surface area contributed by atoms with E-state index in [9.17, 15) is 9.18 Å². The number of hydrogen-bond donors (Lipinski definition) is 0. The number of Topliss-reactive ketones (excluding diaryl/α,β-unsaturated/α-hetero) is 1. The first-order valence-corrected chi connectivity index (χ1v) is 8.84. The topological polar surface area (TPSA) is 26.8 Å². The lowest BCUT2D eigenvalue weighted by Crippen LogP contribution is -2.45. The van der Waals surface area contributed by atoms with Crippen molar-refractivity contribution in [3.8, 4) is 0 Å². The zero-order chi connectivity index (χ0) is 15.3. The van der Waals surface area contributed by atoms with Gasteiger partial charge in [0.15, 0.2) is 5.78 Å². The van der Waals surface area contributed by atoms with Crippen molar-refractivity contribution in [3.63, 3.8) is 0 Å². The van der Waals surface area contributed by atoms with Gasteiger partial charge in [-0.25, -0.2) is 4.39 Å². The summed E-state index contributed by atoms with van der Waals surface area (Å²) in [6, 6.07) is 1.48. The SMILES string of the molecule is CN1CCN(c2c(F)cc3c4c2SCCN4CCC3=O)CC1. The van der Waals surface area contributed by atoms with E-state index in [2.05, 4.69) is 21.7 Å². The molecule has 118 valence electrons. The second-order valence-corrected chi connectivity index (χ2v) is 7.34. The van der Waals surface area contributed by atoms with Crippen LogP contribution < -0.4 is 9.80 Å². The zero-order valence-electron chi connectivity index (χ0n) is 12.8. The second kappa shape index (κ2) is 5.42. The number of ketones is 1. The predicted molar refractivity (Wildman–Crippen MR) is 88.0 cm³/mol. The third-order valence-electron chi connectivity index (χ3n) is 4.84.